The summed E-state index contributed by atoms with van der Waals surface area (Å²) in [5.41, 5.74) is 2.47. The maximum Gasteiger partial charge on any atom is 0.299 e. The van der Waals surface area contributed by atoms with E-state index in [1.54, 1.807) is 36.4 Å². The van der Waals surface area contributed by atoms with Crippen LogP contribution in [0.5, 0.6) is 0 Å². The van der Waals surface area contributed by atoms with Crippen molar-refractivity contribution in [2.24, 2.45) is 0 Å². The first-order valence-electron chi connectivity index (χ1n) is 10.6. The van der Waals surface area contributed by atoms with Crippen molar-refractivity contribution in [1.29, 1.82) is 0 Å². The summed E-state index contributed by atoms with van der Waals surface area (Å²) in [7, 11) is 5.04. The van der Waals surface area contributed by atoms with E-state index in [4.69, 9.17) is 18.9 Å². The van der Waals surface area contributed by atoms with Crippen LogP contribution in [0.25, 0.3) is 20.9 Å². The van der Waals surface area contributed by atoms with Gasteiger partial charge in [-0.15, -0.1) is 11.3 Å². The predicted molar refractivity (Wildman–Crippen MR) is 126 cm³/mol. The van der Waals surface area contributed by atoms with Crippen LogP contribution in [0.15, 0.2) is 48.5 Å². The number of ketones is 4. The van der Waals surface area contributed by atoms with Crippen LogP contribution in [0, 0.1) is 0 Å². The summed E-state index contributed by atoms with van der Waals surface area (Å²) < 4.78 is 20.6. The highest BCUT2D eigenvalue weighted by Gasteiger charge is 2.55. The lowest BCUT2D eigenvalue weighted by Gasteiger charge is -2.21. The van der Waals surface area contributed by atoms with E-state index >= 15 is 0 Å². The van der Waals surface area contributed by atoms with Crippen LogP contribution in [0.1, 0.15) is 41.4 Å². The van der Waals surface area contributed by atoms with Gasteiger partial charge in [-0.3, -0.25) is 19.2 Å². The molecular formula is C26H20O8S. The lowest BCUT2D eigenvalue weighted by atomic mass is 10.0. The molecule has 2 aliphatic carbocycles. The van der Waals surface area contributed by atoms with E-state index in [1.165, 1.54) is 39.8 Å². The van der Waals surface area contributed by atoms with Gasteiger partial charge < -0.3 is 18.9 Å². The molecule has 0 saturated heterocycles. The van der Waals surface area contributed by atoms with Gasteiger partial charge >= 0.3 is 0 Å². The minimum atomic E-state index is -1.95. The van der Waals surface area contributed by atoms with Crippen LogP contribution in [-0.4, -0.2) is 63.1 Å². The normalized spacial score (nSPS) is 17.7. The Hall–Kier alpha value is -3.34. The Kier molecular flexibility index (Phi) is 5.42. The van der Waals surface area contributed by atoms with E-state index in [-0.39, 0.29) is 22.3 Å². The zero-order chi connectivity index (χ0) is 25.1. The molecule has 1 aromatic heterocycles. The SMILES string of the molecule is COC1(OC)C(=O)c2ccc(-c3ccc(-c4ccc5c(c4)C(=O)C(OC)(OC)C5=O)s3)cc2C1=O. The highest BCUT2D eigenvalue weighted by Crippen LogP contribution is 2.41. The molecule has 2 aliphatic rings. The van der Waals surface area contributed by atoms with Crippen LogP contribution in [-0.2, 0) is 18.9 Å². The maximum absolute atomic E-state index is 12.9. The monoisotopic (exact) mass is 492 g/mol. The molecule has 2 aromatic carbocycles. The fraction of sp³-hybridized carbons (Fsp3) is 0.231. The number of thiophene rings is 1. The largest absolute Gasteiger partial charge is 0.341 e. The number of carbonyl (C=O) groups is 4. The number of rotatable bonds is 6. The average molecular weight is 493 g/mol. The van der Waals surface area contributed by atoms with Crippen LogP contribution in [0.4, 0.5) is 0 Å². The van der Waals surface area contributed by atoms with Crippen molar-refractivity contribution < 1.29 is 38.1 Å². The van der Waals surface area contributed by atoms with Crippen molar-refractivity contribution >= 4 is 34.5 Å². The number of hydrogen-bond donors (Lipinski definition) is 0. The number of fused-ring (bicyclic) bond motifs is 2. The summed E-state index contributed by atoms with van der Waals surface area (Å²) in [4.78, 5) is 53.0. The molecule has 1 heterocycles. The molecule has 0 amide bonds. The number of ether oxygens (including phenoxy) is 4. The van der Waals surface area contributed by atoms with Gasteiger partial charge in [0.15, 0.2) is 0 Å². The molecule has 3 aromatic rings. The number of carbonyl (C=O) groups excluding carboxylic acids is 4. The van der Waals surface area contributed by atoms with Gasteiger partial charge in [0.25, 0.3) is 11.6 Å². The summed E-state index contributed by atoms with van der Waals surface area (Å²) in [6, 6.07) is 13.8. The Morgan fingerprint density at radius 3 is 1.20 bits per heavy atom. The Labute approximate surface area is 204 Å². The lowest BCUT2D eigenvalue weighted by Crippen LogP contribution is -2.45. The molecule has 0 spiro atoms. The predicted octanol–water partition coefficient (Wildman–Crippen LogP) is 3.82. The third kappa shape index (κ3) is 3.00. The van der Waals surface area contributed by atoms with E-state index in [0.717, 1.165) is 20.9 Å². The number of methoxy groups -OCH3 is 4. The topological polar surface area (TPSA) is 105 Å². The second-order valence-electron chi connectivity index (χ2n) is 8.05. The average Bonchev–Trinajstić information content (AvgIpc) is 3.52. The molecule has 0 atom stereocenters. The van der Waals surface area contributed by atoms with Crippen LogP contribution in [0.3, 0.4) is 0 Å². The molecule has 0 bridgehead atoms. The quantitative estimate of drug-likeness (QED) is 0.378. The van der Waals surface area contributed by atoms with Gasteiger partial charge in [0, 0.05) is 60.4 Å². The summed E-state index contributed by atoms with van der Waals surface area (Å²) in [5.74, 6) is -6.03. The third-order valence-electron chi connectivity index (χ3n) is 6.54. The first kappa shape index (κ1) is 23.4. The van der Waals surface area contributed by atoms with Crippen LogP contribution in [0.2, 0.25) is 0 Å². The molecule has 0 aliphatic heterocycles. The Morgan fingerprint density at radius 2 is 0.857 bits per heavy atom. The highest BCUT2D eigenvalue weighted by atomic mass is 32.1. The number of hydrogen-bond acceptors (Lipinski definition) is 9. The zero-order valence-corrected chi connectivity index (χ0v) is 20.1. The molecule has 178 valence electrons. The molecule has 0 fully saturated rings. The van der Waals surface area contributed by atoms with E-state index in [9.17, 15) is 19.2 Å². The van der Waals surface area contributed by atoms with Crippen molar-refractivity contribution in [1.82, 2.24) is 0 Å². The molecule has 35 heavy (non-hydrogen) atoms. The Bertz CT molecular complexity index is 1320. The van der Waals surface area contributed by atoms with Gasteiger partial charge in [-0.05, 0) is 47.5 Å². The summed E-state index contributed by atoms with van der Waals surface area (Å²) in [6.45, 7) is 0. The van der Waals surface area contributed by atoms with Crippen molar-refractivity contribution in [3.05, 3.63) is 70.8 Å². The van der Waals surface area contributed by atoms with Gasteiger partial charge in [0.2, 0.25) is 23.1 Å². The summed E-state index contributed by atoms with van der Waals surface area (Å²) in [6.07, 6.45) is 0. The minimum Gasteiger partial charge on any atom is -0.341 e. The summed E-state index contributed by atoms with van der Waals surface area (Å²) in [5, 5.41) is 0. The highest BCUT2D eigenvalue weighted by molar-refractivity contribution is 7.18. The number of benzene rings is 2. The van der Waals surface area contributed by atoms with E-state index < -0.39 is 34.7 Å². The molecule has 0 N–H and O–H groups in total. The molecule has 0 saturated carbocycles. The van der Waals surface area contributed by atoms with E-state index in [2.05, 4.69) is 0 Å². The van der Waals surface area contributed by atoms with Crippen LogP contribution < -0.4 is 0 Å². The molecular weight excluding hydrogens is 472 g/mol. The fourth-order valence-electron chi connectivity index (χ4n) is 4.64. The Morgan fingerprint density at radius 1 is 0.514 bits per heavy atom. The van der Waals surface area contributed by atoms with Crippen molar-refractivity contribution in [3.63, 3.8) is 0 Å². The molecule has 5 rings (SSSR count). The van der Waals surface area contributed by atoms with Gasteiger partial charge in [-0.25, -0.2) is 0 Å². The first-order valence-corrected chi connectivity index (χ1v) is 11.4. The van der Waals surface area contributed by atoms with Gasteiger partial charge in [-0.1, -0.05) is 12.1 Å². The van der Waals surface area contributed by atoms with Gasteiger partial charge in [0.1, 0.15) is 0 Å². The smallest absolute Gasteiger partial charge is 0.299 e. The standard InChI is InChI=1S/C26H20O8S/c1-31-25(32-2)21(27)15-7-5-13(11-17(15)23(25)29)19-9-10-20(35-19)14-6-8-16-18(12-14)24(30)26(33-3,34-4)22(16)28/h5-12H,1-4H3. The molecule has 9 heteroatoms. The van der Waals surface area contributed by atoms with Crippen molar-refractivity contribution in [3.8, 4) is 20.9 Å². The Balaban J connectivity index is 1.50. The first-order chi connectivity index (χ1) is 16.8. The molecule has 0 unspecified atom stereocenters. The number of Topliss-reactive ketones (excluding diaryl/α,β-unsaturated/α-hetero) is 4. The van der Waals surface area contributed by atoms with Crippen LogP contribution >= 0.6 is 11.3 Å². The van der Waals surface area contributed by atoms with Crippen molar-refractivity contribution in [2.45, 2.75) is 11.6 Å². The zero-order valence-electron chi connectivity index (χ0n) is 19.3. The maximum atomic E-state index is 12.9. The molecule has 0 radical (unpaired) electrons. The van der Waals surface area contributed by atoms with Crippen molar-refractivity contribution in [2.75, 3.05) is 28.4 Å². The minimum absolute atomic E-state index is 0.239. The fourth-order valence-corrected chi connectivity index (χ4v) is 5.64. The second-order valence-corrected chi connectivity index (χ2v) is 9.13. The molecule has 8 nitrogen and oxygen atoms in total. The van der Waals surface area contributed by atoms with Gasteiger partial charge in [0.05, 0.1) is 0 Å². The second kappa shape index (κ2) is 8.11. The van der Waals surface area contributed by atoms with E-state index in [1.807, 2.05) is 12.1 Å². The lowest BCUT2D eigenvalue weighted by molar-refractivity contribution is -0.133. The van der Waals surface area contributed by atoms with E-state index in [0.29, 0.717) is 0 Å². The summed E-state index contributed by atoms with van der Waals surface area (Å²) >= 11 is 1.44. The van der Waals surface area contributed by atoms with Gasteiger partial charge in [-0.2, -0.15) is 0 Å². The third-order valence-corrected chi connectivity index (χ3v) is 7.72.